The van der Waals surface area contributed by atoms with E-state index in [0.29, 0.717) is 6.42 Å². The quantitative estimate of drug-likeness (QED) is 0.556. The van der Waals surface area contributed by atoms with E-state index in [1.165, 1.54) is 25.7 Å². The molecule has 0 aliphatic heterocycles. The summed E-state index contributed by atoms with van der Waals surface area (Å²) in [6.45, 7) is 5.74. The fraction of sp³-hybridized carbons (Fsp3) is 0.727. The van der Waals surface area contributed by atoms with E-state index >= 15 is 0 Å². The Morgan fingerprint density at radius 1 is 1.31 bits per heavy atom. The highest BCUT2D eigenvalue weighted by atomic mass is 16.2. The molecule has 0 atom stereocenters. The van der Waals surface area contributed by atoms with E-state index in [-0.39, 0.29) is 5.91 Å². The summed E-state index contributed by atoms with van der Waals surface area (Å²) in [6, 6.07) is 0. The van der Waals surface area contributed by atoms with Gasteiger partial charge in [-0.3, -0.25) is 4.79 Å². The molecule has 0 aromatic heterocycles. The zero-order chi connectivity index (χ0) is 10.1. The molecule has 0 heterocycles. The molecule has 0 bridgehead atoms. The molecule has 76 valence electrons. The number of carbonyl (C=O) groups is 1. The molecule has 0 N–H and O–H groups in total. The summed E-state index contributed by atoms with van der Waals surface area (Å²) in [5, 5.41) is 0. The van der Waals surface area contributed by atoms with Crippen LogP contribution in [0.4, 0.5) is 0 Å². The molecule has 0 aromatic carbocycles. The van der Waals surface area contributed by atoms with Gasteiger partial charge in [0.2, 0.25) is 5.91 Å². The summed E-state index contributed by atoms with van der Waals surface area (Å²) in [5.41, 5.74) is 0. The van der Waals surface area contributed by atoms with E-state index in [4.69, 9.17) is 0 Å². The molecule has 1 amide bonds. The normalized spacial score (nSPS) is 9.69. The first-order valence-electron chi connectivity index (χ1n) is 5.10. The van der Waals surface area contributed by atoms with Crippen LogP contribution in [0.3, 0.4) is 0 Å². The highest BCUT2D eigenvalue weighted by molar-refractivity contribution is 5.76. The molecular formula is C11H21NO. The molecule has 2 heteroatoms. The van der Waals surface area contributed by atoms with Gasteiger partial charge in [-0.25, -0.2) is 0 Å². The molecule has 0 aliphatic carbocycles. The molecule has 0 aliphatic rings. The number of unbranched alkanes of at least 4 members (excludes halogenated alkanes) is 4. The molecule has 0 saturated carbocycles. The van der Waals surface area contributed by atoms with Gasteiger partial charge in [0.05, 0.1) is 0 Å². The third kappa shape index (κ3) is 6.38. The van der Waals surface area contributed by atoms with E-state index in [9.17, 15) is 4.79 Å². The lowest BCUT2D eigenvalue weighted by Crippen LogP contribution is -2.19. The molecule has 0 radical (unpaired) electrons. The Morgan fingerprint density at radius 2 is 1.92 bits per heavy atom. The minimum absolute atomic E-state index is 0.173. The standard InChI is InChI=1S/C11H21NO/c1-4-6-7-8-9-10-11(13)12(3)5-2/h5H,2,4,6-10H2,1,3H3. The molecule has 0 unspecified atom stereocenters. The summed E-state index contributed by atoms with van der Waals surface area (Å²) in [6.07, 6.45) is 8.19. The van der Waals surface area contributed by atoms with Crippen LogP contribution in [-0.4, -0.2) is 17.9 Å². The fourth-order valence-corrected chi connectivity index (χ4v) is 1.16. The van der Waals surface area contributed by atoms with Crippen LogP contribution in [0.2, 0.25) is 0 Å². The predicted octanol–water partition coefficient (Wildman–Crippen LogP) is 2.95. The van der Waals surface area contributed by atoms with E-state index < -0.39 is 0 Å². The smallest absolute Gasteiger partial charge is 0.226 e. The Hall–Kier alpha value is -0.790. The minimum Gasteiger partial charge on any atom is -0.323 e. The maximum absolute atomic E-state index is 11.3. The summed E-state index contributed by atoms with van der Waals surface area (Å²) >= 11 is 0. The van der Waals surface area contributed by atoms with Crippen LogP contribution >= 0.6 is 0 Å². The Bertz CT molecular complexity index is 154. The number of hydrogen-bond donors (Lipinski definition) is 0. The van der Waals surface area contributed by atoms with Crippen LogP contribution in [0.25, 0.3) is 0 Å². The lowest BCUT2D eigenvalue weighted by molar-refractivity contribution is -0.127. The van der Waals surface area contributed by atoms with Crippen LogP contribution in [0.15, 0.2) is 12.8 Å². The van der Waals surface area contributed by atoms with Crippen molar-refractivity contribution in [1.29, 1.82) is 0 Å². The van der Waals surface area contributed by atoms with Crippen LogP contribution < -0.4 is 0 Å². The van der Waals surface area contributed by atoms with E-state index in [2.05, 4.69) is 13.5 Å². The van der Waals surface area contributed by atoms with Gasteiger partial charge in [0.1, 0.15) is 0 Å². The van der Waals surface area contributed by atoms with Crippen molar-refractivity contribution >= 4 is 5.91 Å². The Kier molecular flexibility index (Phi) is 7.36. The van der Waals surface area contributed by atoms with Crippen LogP contribution in [-0.2, 0) is 4.79 Å². The van der Waals surface area contributed by atoms with Gasteiger partial charge in [0, 0.05) is 13.5 Å². The highest BCUT2D eigenvalue weighted by Crippen LogP contribution is 2.06. The lowest BCUT2D eigenvalue weighted by Gasteiger charge is -2.10. The number of carbonyl (C=O) groups excluding carboxylic acids is 1. The van der Waals surface area contributed by atoms with E-state index in [1.54, 1.807) is 18.1 Å². The zero-order valence-electron chi connectivity index (χ0n) is 8.88. The first-order chi connectivity index (χ1) is 6.22. The molecule has 0 rings (SSSR count). The van der Waals surface area contributed by atoms with Gasteiger partial charge < -0.3 is 4.90 Å². The van der Waals surface area contributed by atoms with Gasteiger partial charge in [0.15, 0.2) is 0 Å². The Labute approximate surface area is 81.6 Å². The van der Waals surface area contributed by atoms with Crippen molar-refractivity contribution in [3.05, 3.63) is 12.8 Å². The number of hydrogen-bond acceptors (Lipinski definition) is 1. The van der Waals surface area contributed by atoms with Crippen molar-refractivity contribution in [3.8, 4) is 0 Å². The Balaban J connectivity index is 3.32. The van der Waals surface area contributed by atoms with Gasteiger partial charge in [-0.2, -0.15) is 0 Å². The number of amides is 1. The molecule has 0 fully saturated rings. The molecule has 0 spiro atoms. The average molecular weight is 183 g/mol. The molecule has 13 heavy (non-hydrogen) atoms. The van der Waals surface area contributed by atoms with E-state index in [0.717, 1.165) is 6.42 Å². The monoisotopic (exact) mass is 183 g/mol. The van der Waals surface area contributed by atoms with Crippen LogP contribution in [0.1, 0.15) is 45.4 Å². The Morgan fingerprint density at radius 3 is 2.46 bits per heavy atom. The van der Waals surface area contributed by atoms with Gasteiger partial charge in [0.25, 0.3) is 0 Å². The third-order valence-corrected chi connectivity index (χ3v) is 2.16. The molecule has 0 saturated heterocycles. The second-order valence-corrected chi connectivity index (χ2v) is 3.35. The largest absolute Gasteiger partial charge is 0.323 e. The van der Waals surface area contributed by atoms with Crippen molar-refractivity contribution in [3.63, 3.8) is 0 Å². The number of nitrogens with zero attached hydrogens (tertiary/aromatic N) is 1. The van der Waals surface area contributed by atoms with Crippen molar-refractivity contribution in [2.45, 2.75) is 45.4 Å². The maximum Gasteiger partial charge on any atom is 0.226 e. The lowest BCUT2D eigenvalue weighted by atomic mass is 10.1. The fourth-order valence-electron chi connectivity index (χ4n) is 1.16. The van der Waals surface area contributed by atoms with Crippen LogP contribution in [0.5, 0.6) is 0 Å². The van der Waals surface area contributed by atoms with Gasteiger partial charge in [-0.1, -0.05) is 39.2 Å². The SMILES string of the molecule is C=CN(C)C(=O)CCCCCCC. The third-order valence-electron chi connectivity index (χ3n) is 2.16. The summed E-state index contributed by atoms with van der Waals surface area (Å²) in [7, 11) is 1.75. The predicted molar refractivity (Wildman–Crippen MR) is 56.3 cm³/mol. The first-order valence-corrected chi connectivity index (χ1v) is 5.10. The van der Waals surface area contributed by atoms with E-state index in [1.807, 2.05) is 0 Å². The van der Waals surface area contributed by atoms with Gasteiger partial charge >= 0.3 is 0 Å². The molecular weight excluding hydrogens is 162 g/mol. The molecule has 2 nitrogen and oxygen atoms in total. The maximum atomic E-state index is 11.3. The van der Waals surface area contributed by atoms with Crippen molar-refractivity contribution < 1.29 is 4.79 Å². The summed E-state index contributed by atoms with van der Waals surface area (Å²) in [5.74, 6) is 0.173. The second-order valence-electron chi connectivity index (χ2n) is 3.35. The van der Waals surface area contributed by atoms with Gasteiger partial charge in [-0.05, 0) is 12.6 Å². The highest BCUT2D eigenvalue weighted by Gasteiger charge is 2.03. The summed E-state index contributed by atoms with van der Waals surface area (Å²) in [4.78, 5) is 12.8. The second kappa shape index (κ2) is 7.84. The van der Waals surface area contributed by atoms with Crippen molar-refractivity contribution in [2.75, 3.05) is 7.05 Å². The van der Waals surface area contributed by atoms with Gasteiger partial charge in [-0.15, -0.1) is 0 Å². The first kappa shape index (κ1) is 12.2. The van der Waals surface area contributed by atoms with Crippen molar-refractivity contribution in [2.24, 2.45) is 0 Å². The minimum atomic E-state index is 0.173. The number of rotatable bonds is 7. The molecule has 0 aromatic rings. The topological polar surface area (TPSA) is 20.3 Å². The average Bonchev–Trinajstić information content (AvgIpc) is 2.16. The zero-order valence-corrected chi connectivity index (χ0v) is 8.88. The van der Waals surface area contributed by atoms with Crippen LogP contribution in [0, 0.1) is 0 Å². The van der Waals surface area contributed by atoms with Crippen molar-refractivity contribution in [1.82, 2.24) is 4.90 Å². The summed E-state index contributed by atoms with van der Waals surface area (Å²) < 4.78 is 0.